The molecular formula is C30H41FN6O5. The second kappa shape index (κ2) is 13.5. The molecule has 1 aliphatic heterocycles. The number of nitrogens with one attached hydrogen (secondary N) is 3. The average Bonchev–Trinajstić information content (AvgIpc) is 3.23. The van der Waals surface area contributed by atoms with Crippen LogP contribution in [0.4, 0.5) is 26.2 Å². The van der Waals surface area contributed by atoms with E-state index >= 15 is 0 Å². The molecule has 1 unspecified atom stereocenters. The Kier molecular flexibility index (Phi) is 10.4. The van der Waals surface area contributed by atoms with Crippen molar-refractivity contribution in [1.29, 1.82) is 0 Å². The van der Waals surface area contributed by atoms with Crippen LogP contribution in [0.1, 0.15) is 39.2 Å². The van der Waals surface area contributed by atoms with Crippen LogP contribution in [0.2, 0.25) is 0 Å². The summed E-state index contributed by atoms with van der Waals surface area (Å²) >= 11 is 0. The van der Waals surface area contributed by atoms with E-state index in [-0.39, 0.29) is 36.8 Å². The maximum absolute atomic E-state index is 14.3. The number of likely N-dealkylation sites (N-methyl/N-ethyl adjacent to an activating group) is 1. The molecule has 0 aliphatic carbocycles. The maximum Gasteiger partial charge on any atom is 0.410 e. The molecule has 228 valence electrons. The lowest BCUT2D eigenvalue weighted by molar-refractivity contribution is -0.125. The summed E-state index contributed by atoms with van der Waals surface area (Å²) in [5, 5.41) is 9.32. The normalized spacial score (nSPS) is 16.4. The molecule has 1 aliphatic rings. The average molecular weight is 585 g/mol. The van der Waals surface area contributed by atoms with Gasteiger partial charge < -0.3 is 35.1 Å². The number of fused-ring (bicyclic) bond motifs is 1. The zero-order valence-electron chi connectivity index (χ0n) is 25.3. The maximum atomic E-state index is 14.3. The predicted octanol–water partition coefficient (Wildman–Crippen LogP) is 3.87. The zero-order chi connectivity index (χ0) is 31.2. The standard InChI is InChI=1S/C30H41FN6O5/c1-19(2)15-20-16-21(31)17-23-26(20)34-30(3,33-23)18-37-14-10-11-22(28(37)40)32-27(39)24(42-29(41)36(6)7)12-8-9-13-25(38)35(4)5/h9-11,13-14,16-17,19,24,33-34H,8,12,15,18H2,1-7H3,(H,32,39)/b13-9+/t24-,30?/m0/s1. The van der Waals surface area contributed by atoms with Crippen LogP contribution in [0.5, 0.6) is 0 Å². The minimum Gasteiger partial charge on any atom is -0.436 e. The van der Waals surface area contributed by atoms with Gasteiger partial charge in [-0.05, 0) is 68.0 Å². The highest BCUT2D eigenvalue weighted by Gasteiger charge is 2.34. The highest BCUT2D eigenvalue weighted by Crippen LogP contribution is 2.39. The Balaban J connectivity index is 1.76. The Morgan fingerprint density at radius 2 is 1.86 bits per heavy atom. The number of hydrogen-bond donors (Lipinski definition) is 3. The number of aromatic nitrogens is 1. The smallest absolute Gasteiger partial charge is 0.410 e. The van der Waals surface area contributed by atoms with Crippen LogP contribution in [0, 0.1) is 11.7 Å². The molecule has 0 saturated heterocycles. The van der Waals surface area contributed by atoms with Crippen LogP contribution < -0.4 is 21.5 Å². The van der Waals surface area contributed by atoms with Gasteiger partial charge in [-0.25, -0.2) is 9.18 Å². The Bertz CT molecular complexity index is 1400. The number of carbonyl (C=O) groups excluding carboxylic acids is 3. The number of allylic oxidation sites excluding steroid dienone is 1. The second-order valence-corrected chi connectivity index (χ2v) is 11.5. The molecular weight excluding hydrogens is 543 g/mol. The number of pyridine rings is 1. The summed E-state index contributed by atoms with van der Waals surface area (Å²) < 4.78 is 21.1. The molecule has 11 nitrogen and oxygen atoms in total. The number of ether oxygens (including phenoxy) is 1. The van der Waals surface area contributed by atoms with Gasteiger partial charge >= 0.3 is 6.09 Å². The fraction of sp³-hybridized carbons (Fsp3) is 0.467. The number of nitrogens with zero attached hydrogens (tertiary/aromatic N) is 3. The first-order valence-corrected chi connectivity index (χ1v) is 13.8. The lowest BCUT2D eigenvalue weighted by Gasteiger charge is -2.27. The topological polar surface area (TPSA) is 125 Å². The van der Waals surface area contributed by atoms with Gasteiger partial charge in [0.1, 0.15) is 17.2 Å². The van der Waals surface area contributed by atoms with E-state index in [4.69, 9.17) is 4.74 Å². The highest BCUT2D eigenvalue weighted by molar-refractivity contribution is 5.95. The van der Waals surface area contributed by atoms with Crippen molar-refractivity contribution in [2.45, 2.75) is 58.3 Å². The summed E-state index contributed by atoms with van der Waals surface area (Å²) in [5.74, 6) is -0.897. The summed E-state index contributed by atoms with van der Waals surface area (Å²) in [6.07, 6.45) is 3.73. The van der Waals surface area contributed by atoms with E-state index in [0.29, 0.717) is 18.0 Å². The van der Waals surface area contributed by atoms with Gasteiger partial charge in [-0.15, -0.1) is 0 Å². The van der Waals surface area contributed by atoms with E-state index in [0.717, 1.165) is 11.3 Å². The minimum absolute atomic E-state index is 0.0115. The molecule has 0 fully saturated rings. The third-order valence-electron chi connectivity index (χ3n) is 6.59. The SMILES string of the molecule is CC(C)Cc1cc(F)cc2c1NC(C)(Cn1cccc(NC(=O)[C@H](CC/C=C/C(=O)N(C)C)OC(=O)N(C)C)c1=O)N2. The van der Waals surface area contributed by atoms with E-state index < -0.39 is 29.3 Å². The zero-order valence-corrected chi connectivity index (χ0v) is 25.3. The van der Waals surface area contributed by atoms with Gasteiger partial charge in [0.25, 0.3) is 11.5 Å². The fourth-order valence-corrected chi connectivity index (χ4v) is 4.56. The van der Waals surface area contributed by atoms with Crippen molar-refractivity contribution in [3.8, 4) is 0 Å². The summed E-state index contributed by atoms with van der Waals surface area (Å²) in [7, 11) is 6.23. The fourth-order valence-electron chi connectivity index (χ4n) is 4.56. The number of anilines is 3. The number of halogens is 1. The molecule has 2 atom stereocenters. The van der Waals surface area contributed by atoms with Crippen molar-refractivity contribution >= 4 is 35.0 Å². The van der Waals surface area contributed by atoms with E-state index in [1.54, 1.807) is 32.4 Å². The van der Waals surface area contributed by atoms with Gasteiger partial charge in [-0.1, -0.05) is 19.9 Å². The van der Waals surface area contributed by atoms with Gasteiger partial charge in [0, 0.05) is 34.4 Å². The largest absolute Gasteiger partial charge is 0.436 e. The van der Waals surface area contributed by atoms with E-state index in [9.17, 15) is 23.6 Å². The van der Waals surface area contributed by atoms with Crippen LogP contribution >= 0.6 is 0 Å². The molecule has 2 heterocycles. The molecule has 42 heavy (non-hydrogen) atoms. The van der Waals surface area contributed by atoms with Crippen LogP contribution in [0.25, 0.3) is 0 Å². The Morgan fingerprint density at radius 1 is 1.14 bits per heavy atom. The number of hydrogen-bond acceptors (Lipinski definition) is 7. The summed E-state index contributed by atoms with van der Waals surface area (Å²) in [4.78, 5) is 53.2. The molecule has 1 aromatic carbocycles. The van der Waals surface area contributed by atoms with Crippen molar-refractivity contribution in [3.05, 3.63) is 64.3 Å². The Hall–Kier alpha value is -4.35. The van der Waals surface area contributed by atoms with Crippen LogP contribution in [0.3, 0.4) is 0 Å². The van der Waals surface area contributed by atoms with Gasteiger partial charge in [0.05, 0.1) is 17.9 Å². The van der Waals surface area contributed by atoms with Crippen LogP contribution in [-0.4, -0.2) is 72.2 Å². The molecule has 3 N–H and O–H groups in total. The Labute approximate surface area is 245 Å². The highest BCUT2D eigenvalue weighted by atomic mass is 19.1. The predicted molar refractivity (Wildman–Crippen MR) is 161 cm³/mol. The third kappa shape index (κ3) is 8.34. The van der Waals surface area contributed by atoms with Crippen molar-refractivity contribution in [3.63, 3.8) is 0 Å². The summed E-state index contributed by atoms with van der Waals surface area (Å²) in [6, 6.07) is 6.05. The first kappa shape index (κ1) is 32.2. The van der Waals surface area contributed by atoms with Gasteiger partial charge in [0.2, 0.25) is 5.91 Å². The number of carbonyl (C=O) groups is 3. The molecule has 0 radical (unpaired) electrons. The van der Waals surface area contributed by atoms with Crippen molar-refractivity contribution in [2.24, 2.45) is 5.92 Å². The quantitative estimate of drug-likeness (QED) is 0.343. The molecule has 0 spiro atoms. The van der Waals surface area contributed by atoms with E-state index in [1.165, 1.54) is 52.7 Å². The monoisotopic (exact) mass is 584 g/mol. The van der Waals surface area contributed by atoms with Crippen molar-refractivity contribution in [2.75, 3.05) is 44.1 Å². The van der Waals surface area contributed by atoms with Crippen LogP contribution in [-0.2, 0) is 27.3 Å². The molecule has 3 amide bonds. The molecule has 0 saturated carbocycles. The lowest BCUT2D eigenvalue weighted by Crippen LogP contribution is -2.45. The van der Waals surface area contributed by atoms with Crippen molar-refractivity contribution < 1.29 is 23.5 Å². The lowest BCUT2D eigenvalue weighted by atomic mass is 10.0. The number of benzene rings is 1. The molecule has 0 bridgehead atoms. The third-order valence-corrected chi connectivity index (χ3v) is 6.59. The first-order valence-electron chi connectivity index (χ1n) is 13.8. The van der Waals surface area contributed by atoms with Gasteiger partial charge in [-0.2, -0.15) is 0 Å². The Morgan fingerprint density at radius 3 is 2.50 bits per heavy atom. The van der Waals surface area contributed by atoms with Crippen molar-refractivity contribution in [1.82, 2.24) is 14.4 Å². The summed E-state index contributed by atoms with van der Waals surface area (Å²) in [6.45, 7) is 6.16. The van der Waals surface area contributed by atoms with Gasteiger partial charge in [0.15, 0.2) is 6.10 Å². The second-order valence-electron chi connectivity index (χ2n) is 11.5. The molecule has 3 rings (SSSR count). The summed E-state index contributed by atoms with van der Waals surface area (Å²) in [5.41, 5.74) is 1.01. The molecule has 1 aromatic heterocycles. The molecule has 2 aromatic rings. The van der Waals surface area contributed by atoms with Crippen LogP contribution in [0.15, 0.2) is 47.4 Å². The first-order chi connectivity index (χ1) is 19.7. The molecule has 12 heteroatoms. The minimum atomic E-state index is -1.20. The number of rotatable bonds is 11. The number of amides is 3. The van der Waals surface area contributed by atoms with Gasteiger partial charge in [-0.3, -0.25) is 14.4 Å². The van der Waals surface area contributed by atoms with E-state index in [2.05, 4.69) is 29.8 Å². The van der Waals surface area contributed by atoms with E-state index in [1.807, 2.05) is 6.92 Å².